The zero-order chi connectivity index (χ0) is 12.4. The molecule has 17 heavy (non-hydrogen) atoms. The molecule has 0 fully saturated rings. The number of nitrogen functional groups attached to an aromatic ring is 1. The minimum Gasteiger partial charge on any atom is -0.497 e. The molecule has 2 N–H and O–H groups in total. The first-order valence-corrected chi connectivity index (χ1v) is 5.32. The summed E-state index contributed by atoms with van der Waals surface area (Å²) in [5.41, 5.74) is 8.77. The van der Waals surface area contributed by atoms with E-state index < -0.39 is 0 Å². The first-order valence-electron chi connectivity index (χ1n) is 5.32. The van der Waals surface area contributed by atoms with Crippen molar-refractivity contribution in [2.24, 2.45) is 0 Å². The van der Waals surface area contributed by atoms with Crippen molar-refractivity contribution in [3.63, 3.8) is 0 Å². The Hall–Kier alpha value is -2.03. The van der Waals surface area contributed by atoms with Crippen molar-refractivity contribution in [2.75, 3.05) is 12.8 Å². The Morgan fingerprint density at radius 1 is 1.12 bits per heavy atom. The highest BCUT2D eigenvalue weighted by molar-refractivity contribution is 5.69. The van der Waals surface area contributed by atoms with Gasteiger partial charge in [0, 0.05) is 17.3 Å². The Labute approximate surface area is 99.8 Å². The second-order valence-corrected chi connectivity index (χ2v) is 3.92. The van der Waals surface area contributed by atoms with E-state index in [2.05, 4.69) is 0 Å². The fourth-order valence-electron chi connectivity index (χ4n) is 1.66. The van der Waals surface area contributed by atoms with Gasteiger partial charge in [0.15, 0.2) is 0 Å². The molecule has 0 unspecified atom stereocenters. The van der Waals surface area contributed by atoms with Crippen molar-refractivity contribution in [3.05, 3.63) is 47.8 Å². The van der Waals surface area contributed by atoms with E-state index in [0.29, 0.717) is 17.0 Å². The highest BCUT2D eigenvalue weighted by Crippen LogP contribution is 2.28. The number of methoxy groups -OCH3 is 1. The van der Waals surface area contributed by atoms with Crippen LogP contribution in [-0.4, -0.2) is 7.11 Å². The summed E-state index contributed by atoms with van der Waals surface area (Å²) in [6.07, 6.45) is 0. The highest BCUT2D eigenvalue weighted by Gasteiger charge is 2.07. The molecule has 2 nitrogen and oxygen atoms in total. The summed E-state index contributed by atoms with van der Waals surface area (Å²) >= 11 is 0. The topological polar surface area (TPSA) is 35.2 Å². The van der Waals surface area contributed by atoms with Gasteiger partial charge in [0.2, 0.25) is 0 Å². The van der Waals surface area contributed by atoms with Crippen molar-refractivity contribution in [1.82, 2.24) is 0 Å². The molecule has 2 aromatic rings. The number of anilines is 1. The molecule has 2 rings (SSSR count). The molecular formula is C14H14FNO. The van der Waals surface area contributed by atoms with E-state index in [4.69, 9.17) is 10.5 Å². The summed E-state index contributed by atoms with van der Waals surface area (Å²) in [6.45, 7) is 1.92. The maximum absolute atomic E-state index is 13.8. The van der Waals surface area contributed by atoms with E-state index >= 15 is 0 Å². The van der Waals surface area contributed by atoms with Crippen LogP contribution in [0.3, 0.4) is 0 Å². The Morgan fingerprint density at radius 3 is 2.47 bits per heavy atom. The number of hydrogen-bond donors (Lipinski definition) is 1. The number of rotatable bonds is 2. The Morgan fingerprint density at radius 2 is 1.88 bits per heavy atom. The molecule has 3 heteroatoms. The predicted octanol–water partition coefficient (Wildman–Crippen LogP) is 3.39. The molecule has 2 aromatic carbocycles. The third kappa shape index (κ3) is 2.23. The molecular weight excluding hydrogens is 217 g/mol. The Bertz CT molecular complexity index is 552. The molecule has 0 aliphatic rings. The summed E-state index contributed by atoms with van der Waals surface area (Å²) in [5.74, 6) is 0.193. The van der Waals surface area contributed by atoms with Crippen molar-refractivity contribution in [3.8, 4) is 16.9 Å². The summed E-state index contributed by atoms with van der Waals surface area (Å²) in [5, 5.41) is 0. The lowest BCUT2D eigenvalue weighted by Gasteiger charge is -2.08. The SMILES string of the molecule is COc1ccc(-c2ccc(C)c(N)c2)c(F)c1. The van der Waals surface area contributed by atoms with E-state index in [1.54, 1.807) is 18.2 Å². The van der Waals surface area contributed by atoms with Crippen LogP contribution in [0.4, 0.5) is 10.1 Å². The van der Waals surface area contributed by atoms with Crippen LogP contribution < -0.4 is 10.5 Å². The van der Waals surface area contributed by atoms with Gasteiger partial charge in [-0.1, -0.05) is 12.1 Å². The number of aryl methyl sites for hydroxylation is 1. The van der Waals surface area contributed by atoms with E-state index in [-0.39, 0.29) is 5.82 Å². The largest absolute Gasteiger partial charge is 0.497 e. The van der Waals surface area contributed by atoms with E-state index in [0.717, 1.165) is 11.1 Å². The van der Waals surface area contributed by atoms with Crippen molar-refractivity contribution in [2.45, 2.75) is 6.92 Å². The average Bonchev–Trinajstić information content (AvgIpc) is 2.32. The van der Waals surface area contributed by atoms with Gasteiger partial charge in [-0.15, -0.1) is 0 Å². The van der Waals surface area contributed by atoms with Gasteiger partial charge in [0.25, 0.3) is 0 Å². The second kappa shape index (κ2) is 4.45. The lowest BCUT2D eigenvalue weighted by molar-refractivity contribution is 0.411. The van der Waals surface area contributed by atoms with Crippen LogP contribution >= 0.6 is 0 Å². The third-order valence-electron chi connectivity index (χ3n) is 2.77. The number of nitrogens with two attached hydrogens (primary N) is 1. The monoisotopic (exact) mass is 231 g/mol. The molecule has 0 bridgehead atoms. The summed E-state index contributed by atoms with van der Waals surface area (Å²) < 4.78 is 18.8. The zero-order valence-electron chi connectivity index (χ0n) is 9.83. The van der Waals surface area contributed by atoms with E-state index in [1.807, 2.05) is 19.1 Å². The fraction of sp³-hybridized carbons (Fsp3) is 0.143. The van der Waals surface area contributed by atoms with Gasteiger partial charge in [-0.2, -0.15) is 0 Å². The van der Waals surface area contributed by atoms with Crippen LogP contribution in [0.5, 0.6) is 5.75 Å². The molecule has 0 saturated heterocycles. The average molecular weight is 231 g/mol. The van der Waals surface area contributed by atoms with Crippen LogP contribution in [0.1, 0.15) is 5.56 Å². The molecule has 88 valence electrons. The molecule has 0 atom stereocenters. The minimum absolute atomic E-state index is 0.312. The molecule has 0 amide bonds. The van der Waals surface area contributed by atoms with E-state index in [1.165, 1.54) is 13.2 Å². The van der Waals surface area contributed by atoms with Crippen LogP contribution in [0.15, 0.2) is 36.4 Å². The maximum atomic E-state index is 13.8. The van der Waals surface area contributed by atoms with Gasteiger partial charge < -0.3 is 10.5 Å². The Balaban J connectivity index is 2.49. The van der Waals surface area contributed by atoms with E-state index in [9.17, 15) is 4.39 Å². The first-order chi connectivity index (χ1) is 8.11. The van der Waals surface area contributed by atoms with Crippen LogP contribution in [-0.2, 0) is 0 Å². The Kier molecular flexibility index (Phi) is 3.00. The van der Waals surface area contributed by atoms with Gasteiger partial charge in [-0.25, -0.2) is 4.39 Å². The second-order valence-electron chi connectivity index (χ2n) is 3.92. The number of ether oxygens (including phenoxy) is 1. The molecule has 0 saturated carbocycles. The summed E-state index contributed by atoms with van der Waals surface area (Å²) in [6, 6.07) is 10.3. The van der Waals surface area contributed by atoms with Gasteiger partial charge >= 0.3 is 0 Å². The molecule has 0 heterocycles. The van der Waals surface area contributed by atoms with Gasteiger partial charge in [-0.3, -0.25) is 0 Å². The lowest BCUT2D eigenvalue weighted by atomic mass is 10.0. The van der Waals surface area contributed by atoms with Crippen molar-refractivity contribution < 1.29 is 9.13 Å². The standard InChI is InChI=1S/C14H14FNO/c1-9-3-4-10(7-14(9)16)12-6-5-11(17-2)8-13(12)15/h3-8H,16H2,1-2H3. The van der Waals surface area contributed by atoms with Crippen LogP contribution in [0.25, 0.3) is 11.1 Å². The summed E-state index contributed by atoms with van der Waals surface area (Å²) in [4.78, 5) is 0. The van der Waals surface area contributed by atoms with Gasteiger partial charge in [-0.05, 0) is 36.2 Å². The molecule has 0 spiro atoms. The quantitative estimate of drug-likeness (QED) is 0.804. The summed E-state index contributed by atoms with van der Waals surface area (Å²) in [7, 11) is 1.51. The number of hydrogen-bond acceptors (Lipinski definition) is 2. The molecule has 0 aliphatic heterocycles. The molecule has 0 radical (unpaired) electrons. The number of benzene rings is 2. The predicted molar refractivity (Wildman–Crippen MR) is 67.5 cm³/mol. The lowest BCUT2D eigenvalue weighted by Crippen LogP contribution is -1.92. The first kappa shape index (κ1) is 11.5. The van der Waals surface area contributed by atoms with Crippen molar-refractivity contribution >= 4 is 5.69 Å². The normalized spacial score (nSPS) is 10.3. The van der Waals surface area contributed by atoms with Gasteiger partial charge in [0.05, 0.1) is 7.11 Å². The van der Waals surface area contributed by atoms with Crippen molar-refractivity contribution in [1.29, 1.82) is 0 Å². The molecule has 0 aliphatic carbocycles. The minimum atomic E-state index is -0.312. The smallest absolute Gasteiger partial charge is 0.134 e. The molecule has 0 aromatic heterocycles. The van der Waals surface area contributed by atoms with Crippen LogP contribution in [0, 0.1) is 12.7 Å². The maximum Gasteiger partial charge on any atom is 0.134 e. The fourth-order valence-corrected chi connectivity index (χ4v) is 1.66. The van der Waals surface area contributed by atoms with Crippen LogP contribution in [0.2, 0.25) is 0 Å². The number of halogens is 1. The highest BCUT2D eigenvalue weighted by atomic mass is 19.1. The zero-order valence-corrected chi connectivity index (χ0v) is 9.83. The van der Waals surface area contributed by atoms with Gasteiger partial charge in [0.1, 0.15) is 11.6 Å². The third-order valence-corrected chi connectivity index (χ3v) is 2.77.